The number of hydrogen-bond acceptors (Lipinski definition) is 4. The van der Waals surface area contributed by atoms with Crippen LogP contribution in [0.3, 0.4) is 0 Å². The number of alkyl halides is 3. The van der Waals surface area contributed by atoms with Gasteiger partial charge in [-0.2, -0.15) is 13.2 Å². The first-order valence-electron chi connectivity index (χ1n) is 7.44. The number of benzene rings is 1. The zero-order valence-corrected chi connectivity index (χ0v) is 13.4. The summed E-state index contributed by atoms with van der Waals surface area (Å²) in [6.07, 6.45) is -4.92. The van der Waals surface area contributed by atoms with Gasteiger partial charge in [-0.1, -0.05) is 12.1 Å². The van der Waals surface area contributed by atoms with Gasteiger partial charge in [0.05, 0.1) is 0 Å². The number of nitrogens with one attached hydrogen (secondary N) is 1. The Balaban J connectivity index is 0.00000192. The third-order valence-corrected chi connectivity index (χ3v) is 4.08. The topological polar surface area (TPSA) is 33.7 Å². The summed E-state index contributed by atoms with van der Waals surface area (Å²) in [4.78, 5) is 2.10. The smallest absolute Gasteiger partial charge is 0.389 e. The molecule has 1 N–H and O–H groups in total. The van der Waals surface area contributed by atoms with E-state index in [-0.39, 0.29) is 31.7 Å². The SMILES string of the molecule is Cl.FC(F)(F)CC[C@@H](c1cccc2c1OCO2)N1CCNCC1. The molecule has 1 fully saturated rings. The van der Waals surface area contributed by atoms with Gasteiger partial charge in [0.25, 0.3) is 0 Å². The molecule has 0 radical (unpaired) electrons. The molecule has 0 amide bonds. The summed E-state index contributed by atoms with van der Waals surface area (Å²) < 4.78 is 48.9. The van der Waals surface area contributed by atoms with E-state index in [1.165, 1.54) is 0 Å². The van der Waals surface area contributed by atoms with E-state index in [9.17, 15) is 13.2 Å². The normalized spacial score (nSPS) is 19.3. The van der Waals surface area contributed by atoms with Crippen molar-refractivity contribution in [3.05, 3.63) is 23.8 Å². The van der Waals surface area contributed by atoms with E-state index < -0.39 is 12.6 Å². The monoisotopic (exact) mass is 352 g/mol. The van der Waals surface area contributed by atoms with Crippen LogP contribution in [0.25, 0.3) is 0 Å². The van der Waals surface area contributed by atoms with Crippen LogP contribution in [-0.2, 0) is 0 Å². The summed E-state index contributed by atoms with van der Waals surface area (Å²) >= 11 is 0. The third kappa shape index (κ3) is 4.43. The maximum absolute atomic E-state index is 12.7. The Hall–Kier alpha value is -1.18. The van der Waals surface area contributed by atoms with E-state index in [0.29, 0.717) is 11.5 Å². The number of piperazine rings is 1. The number of fused-ring (bicyclic) bond motifs is 1. The van der Waals surface area contributed by atoms with Gasteiger partial charge in [-0.15, -0.1) is 12.4 Å². The molecule has 2 heterocycles. The molecule has 1 aromatic carbocycles. The molecule has 0 spiro atoms. The first-order valence-corrected chi connectivity index (χ1v) is 7.44. The van der Waals surface area contributed by atoms with Crippen molar-refractivity contribution in [3.63, 3.8) is 0 Å². The summed E-state index contributed by atoms with van der Waals surface area (Å²) in [6.45, 7) is 3.16. The van der Waals surface area contributed by atoms with Crippen LogP contribution < -0.4 is 14.8 Å². The van der Waals surface area contributed by atoms with E-state index >= 15 is 0 Å². The lowest BCUT2D eigenvalue weighted by Crippen LogP contribution is -2.45. The number of nitrogens with zero attached hydrogens (tertiary/aromatic N) is 1. The number of rotatable bonds is 4. The minimum absolute atomic E-state index is 0. The number of halogens is 4. The van der Waals surface area contributed by atoms with Gasteiger partial charge in [-0.05, 0) is 12.5 Å². The van der Waals surface area contributed by atoms with Gasteiger partial charge in [0.1, 0.15) is 0 Å². The van der Waals surface area contributed by atoms with Crippen LogP contribution >= 0.6 is 12.4 Å². The average Bonchev–Trinajstić information content (AvgIpc) is 2.96. The highest BCUT2D eigenvalue weighted by molar-refractivity contribution is 5.85. The Morgan fingerprint density at radius 1 is 1.17 bits per heavy atom. The van der Waals surface area contributed by atoms with Crippen molar-refractivity contribution in [1.82, 2.24) is 10.2 Å². The van der Waals surface area contributed by atoms with Crippen molar-refractivity contribution in [2.45, 2.75) is 25.1 Å². The summed E-state index contributed by atoms with van der Waals surface area (Å²) in [5.41, 5.74) is 0.793. The van der Waals surface area contributed by atoms with Crippen molar-refractivity contribution in [2.75, 3.05) is 33.0 Å². The molecular formula is C15H20ClF3N2O2. The van der Waals surface area contributed by atoms with Gasteiger partial charge in [0.15, 0.2) is 11.5 Å². The maximum Gasteiger partial charge on any atom is 0.389 e. The van der Waals surface area contributed by atoms with Crippen LogP contribution in [0.15, 0.2) is 18.2 Å². The second-order valence-electron chi connectivity index (χ2n) is 5.54. The first-order chi connectivity index (χ1) is 10.5. The molecule has 3 rings (SSSR count). The molecule has 2 aliphatic rings. The molecule has 0 aromatic heterocycles. The minimum Gasteiger partial charge on any atom is -0.454 e. The lowest BCUT2D eigenvalue weighted by atomic mass is 9.98. The van der Waals surface area contributed by atoms with Crippen molar-refractivity contribution >= 4 is 12.4 Å². The van der Waals surface area contributed by atoms with E-state index in [1.54, 1.807) is 6.07 Å². The fourth-order valence-corrected chi connectivity index (χ4v) is 3.04. The maximum atomic E-state index is 12.7. The van der Waals surface area contributed by atoms with E-state index in [1.807, 2.05) is 12.1 Å². The predicted molar refractivity (Wildman–Crippen MR) is 82.3 cm³/mol. The Morgan fingerprint density at radius 2 is 1.91 bits per heavy atom. The van der Waals surface area contributed by atoms with E-state index in [0.717, 1.165) is 31.7 Å². The fraction of sp³-hybridized carbons (Fsp3) is 0.600. The third-order valence-electron chi connectivity index (χ3n) is 4.08. The van der Waals surface area contributed by atoms with Gasteiger partial charge in [-0.3, -0.25) is 4.90 Å². The number of ether oxygens (including phenoxy) is 2. The zero-order valence-electron chi connectivity index (χ0n) is 12.6. The van der Waals surface area contributed by atoms with Crippen LogP contribution in [0.4, 0.5) is 13.2 Å². The molecule has 23 heavy (non-hydrogen) atoms. The summed E-state index contributed by atoms with van der Waals surface area (Å²) in [6, 6.07) is 5.13. The molecule has 1 aromatic rings. The lowest BCUT2D eigenvalue weighted by molar-refractivity contribution is -0.138. The Kier molecular flexibility index (Phi) is 6.00. The van der Waals surface area contributed by atoms with Crippen LogP contribution in [0, 0.1) is 0 Å². The molecule has 1 saturated heterocycles. The molecular weight excluding hydrogens is 333 g/mol. The van der Waals surface area contributed by atoms with Crippen LogP contribution in [0.2, 0.25) is 0 Å². The van der Waals surface area contributed by atoms with E-state index in [4.69, 9.17) is 9.47 Å². The molecule has 2 aliphatic heterocycles. The molecule has 130 valence electrons. The van der Waals surface area contributed by atoms with Gasteiger partial charge in [0.2, 0.25) is 6.79 Å². The Morgan fingerprint density at radius 3 is 2.61 bits per heavy atom. The number of hydrogen-bond donors (Lipinski definition) is 1. The van der Waals surface area contributed by atoms with Crippen LogP contribution in [0.1, 0.15) is 24.4 Å². The average molecular weight is 353 g/mol. The lowest BCUT2D eigenvalue weighted by Gasteiger charge is -2.35. The number of para-hydroxylation sites is 1. The second kappa shape index (κ2) is 7.59. The molecule has 0 bridgehead atoms. The molecule has 0 saturated carbocycles. The standard InChI is InChI=1S/C15H19F3N2O2.ClH/c16-15(17,18)5-4-12(20-8-6-19-7-9-20)11-2-1-3-13-14(11)22-10-21-13;/h1-3,12,19H,4-10H2;1H/t12-;/m0./s1. The Labute approximate surface area is 139 Å². The van der Waals surface area contributed by atoms with Crippen LogP contribution in [-0.4, -0.2) is 44.0 Å². The van der Waals surface area contributed by atoms with Crippen LogP contribution in [0.5, 0.6) is 11.5 Å². The Bertz CT molecular complexity index is 522. The van der Waals surface area contributed by atoms with Gasteiger partial charge in [0, 0.05) is 44.2 Å². The molecule has 8 heteroatoms. The van der Waals surface area contributed by atoms with Gasteiger partial charge < -0.3 is 14.8 Å². The first kappa shape index (κ1) is 18.2. The highest BCUT2D eigenvalue weighted by atomic mass is 35.5. The predicted octanol–water partition coefficient (Wildman–Crippen LogP) is 3.13. The highest BCUT2D eigenvalue weighted by Crippen LogP contribution is 2.42. The summed E-state index contributed by atoms with van der Waals surface area (Å²) in [5, 5.41) is 3.23. The van der Waals surface area contributed by atoms with Crippen molar-refractivity contribution < 1.29 is 22.6 Å². The van der Waals surface area contributed by atoms with Gasteiger partial charge in [-0.25, -0.2) is 0 Å². The highest BCUT2D eigenvalue weighted by Gasteiger charge is 2.33. The summed E-state index contributed by atoms with van der Waals surface area (Å²) in [5.74, 6) is 1.21. The quantitative estimate of drug-likeness (QED) is 0.902. The largest absolute Gasteiger partial charge is 0.454 e. The van der Waals surface area contributed by atoms with Crippen molar-refractivity contribution in [3.8, 4) is 11.5 Å². The van der Waals surface area contributed by atoms with Gasteiger partial charge >= 0.3 is 6.18 Å². The zero-order chi connectivity index (χ0) is 15.6. The van der Waals surface area contributed by atoms with Crippen molar-refractivity contribution in [1.29, 1.82) is 0 Å². The fourth-order valence-electron chi connectivity index (χ4n) is 3.04. The molecule has 0 aliphatic carbocycles. The summed E-state index contributed by atoms with van der Waals surface area (Å²) in [7, 11) is 0. The molecule has 4 nitrogen and oxygen atoms in total. The molecule has 0 unspecified atom stereocenters. The molecule has 1 atom stereocenters. The second-order valence-corrected chi connectivity index (χ2v) is 5.54. The van der Waals surface area contributed by atoms with E-state index in [2.05, 4.69) is 10.2 Å². The minimum atomic E-state index is -4.15. The van der Waals surface area contributed by atoms with Crippen molar-refractivity contribution in [2.24, 2.45) is 0 Å².